The Hall–Kier alpha value is -0.480. The molecule has 3 nitrogen and oxygen atoms in total. The molecule has 0 radical (unpaired) electrons. The average Bonchev–Trinajstić information content (AvgIpc) is 2.33. The van der Waals surface area contributed by atoms with Crippen LogP contribution in [-0.2, 0) is 6.54 Å². The number of phenols is 1. The zero-order chi connectivity index (χ0) is 13.1. The summed E-state index contributed by atoms with van der Waals surface area (Å²) in [7, 11) is 0. The van der Waals surface area contributed by atoms with Gasteiger partial charge in [0, 0.05) is 12.6 Å². The second-order valence-electron chi connectivity index (χ2n) is 4.81. The maximum atomic E-state index is 9.59. The maximum Gasteiger partial charge on any atom is 0.152 e. The van der Waals surface area contributed by atoms with Crippen LogP contribution in [0.2, 0.25) is 10.0 Å². The Bertz CT molecular complexity index is 402. The van der Waals surface area contributed by atoms with Gasteiger partial charge in [0.05, 0.1) is 16.1 Å². The van der Waals surface area contributed by atoms with E-state index in [9.17, 15) is 10.2 Å². The fourth-order valence-electron chi connectivity index (χ4n) is 2.33. The van der Waals surface area contributed by atoms with Crippen LogP contribution in [0.15, 0.2) is 12.1 Å². The van der Waals surface area contributed by atoms with Crippen LogP contribution in [-0.4, -0.2) is 22.4 Å². The van der Waals surface area contributed by atoms with Gasteiger partial charge in [-0.15, -0.1) is 0 Å². The third kappa shape index (κ3) is 3.51. The predicted molar refractivity (Wildman–Crippen MR) is 73.2 cm³/mol. The van der Waals surface area contributed by atoms with Crippen molar-refractivity contribution in [3.05, 3.63) is 27.7 Å². The van der Waals surface area contributed by atoms with Crippen LogP contribution >= 0.6 is 23.2 Å². The van der Waals surface area contributed by atoms with Crippen molar-refractivity contribution in [2.45, 2.75) is 44.4 Å². The van der Waals surface area contributed by atoms with Crippen LogP contribution in [0.5, 0.6) is 5.75 Å². The minimum atomic E-state index is -0.191. The topological polar surface area (TPSA) is 52.5 Å². The van der Waals surface area contributed by atoms with Gasteiger partial charge in [0.1, 0.15) is 0 Å². The molecule has 2 rings (SSSR count). The lowest BCUT2D eigenvalue weighted by atomic mass is 9.93. The van der Waals surface area contributed by atoms with Crippen molar-refractivity contribution in [1.29, 1.82) is 0 Å². The first-order valence-electron chi connectivity index (χ1n) is 6.14. The Balaban J connectivity index is 1.94. The fourth-order valence-corrected chi connectivity index (χ4v) is 2.86. The predicted octanol–water partition coefficient (Wildman–Crippen LogP) is 3.09. The Morgan fingerprint density at radius 1 is 1.22 bits per heavy atom. The lowest BCUT2D eigenvalue weighted by Crippen LogP contribution is -2.35. The maximum absolute atomic E-state index is 9.59. The smallest absolute Gasteiger partial charge is 0.152 e. The Morgan fingerprint density at radius 2 is 1.89 bits per heavy atom. The van der Waals surface area contributed by atoms with E-state index in [0.29, 0.717) is 12.6 Å². The number of aromatic hydroxyl groups is 1. The first kappa shape index (κ1) is 13.9. The SMILES string of the molecule is Oc1c(Cl)cc(CNC2CCCC(O)C2)cc1Cl. The van der Waals surface area contributed by atoms with Crippen LogP contribution in [0.25, 0.3) is 0 Å². The molecule has 0 aliphatic heterocycles. The molecule has 0 bridgehead atoms. The van der Waals surface area contributed by atoms with Crippen molar-refractivity contribution in [2.24, 2.45) is 0 Å². The van der Waals surface area contributed by atoms with Gasteiger partial charge in [-0.2, -0.15) is 0 Å². The number of halogens is 2. The van der Waals surface area contributed by atoms with Crippen molar-refractivity contribution >= 4 is 23.2 Å². The van der Waals surface area contributed by atoms with Gasteiger partial charge in [-0.25, -0.2) is 0 Å². The highest BCUT2D eigenvalue weighted by atomic mass is 35.5. The van der Waals surface area contributed by atoms with E-state index in [2.05, 4.69) is 5.32 Å². The third-order valence-electron chi connectivity index (χ3n) is 3.32. The molecule has 1 aromatic carbocycles. The number of rotatable bonds is 3. The van der Waals surface area contributed by atoms with Crippen LogP contribution in [0.4, 0.5) is 0 Å². The van der Waals surface area contributed by atoms with Crippen molar-refractivity contribution in [1.82, 2.24) is 5.32 Å². The van der Waals surface area contributed by atoms with Crippen molar-refractivity contribution < 1.29 is 10.2 Å². The fraction of sp³-hybridized carbons (Fsp3) is 0.538. The van der Waals surface area contributed by atoms with Crippen LogP contribution < -0.4 is 5.32 Å². The van der Waals surface area contributed by atoms with E-state index >= 15 is 0 Å². The van der Waals surface area contributed by atoms with Crippen molar-refractivity contribution in [3.63, 3.8) is 0 Å². The van der Waals surface area contributed by atoms with E-state index in [-0.39, 0.29) is 21.9 Å². The summed E-state index contributed by atoms with van der Waals surface area (Å²) in [5.41, 5.74) is 0.933. The molecule has 18 heavy (non-hydrogen) atoms. The molecular weight excluding hydrogens is 273 g/mol. The summed E-state index contributed by atoms with van der Waals surface area (Å²) in [5.74, 6) is -0.0739. The van der Waals surface area contributed by atoms with E-state index in [4.69, 9.17) is 23.2 Å². The van der Waals surface area contributed by atoms with Crippen molar-refractivity contribution in [2.75, 3.05) is 0 Å². The Labute approximate surface area is 117 Å². The lowest BCUT2D eigenvalue weighted by Gasteiger charge is -2.26. The summed E-state index contributed by atoms with van der Waals surface area (Å²) in [6.45, 7) is 0.636. The highest BCUT2D eigenvalue weighted by Crippen LogP contribution is 2.32. The zero-order valence-electron chi connectivity index (χ0n) is 10.00. The van der Waals surface area contributed by atoms with Gasteiger partial charge < -0.3 is 15.5 Å². The second-order valence-corrected chi connectivity index (χ2v) is 5.62. The standard InChI is InChI=1S/C13H17Cl2NO2/c14-11-4-8(5-12(15)13(11)18)7-16-9-2-1-3-10(17)6-9/h4-5,9-10,16-18H,1-3,6-7H2. The summed E-state index contributed by atoms with van der Waals surface area (Å²) >= 11 is 11.7. The first-order valence-corrected chi connectivity index (χ1v) is 6.90. The molecule has 100 valence electrons. The number of nitrogens with one attached hydrogen (secondary N) is 1. The van der Waals surface area contributed by atoms with Crippen LogP contribution in [0.1, 0.15) is 31.2 Å². The normalized spacial score (nSPS) is 24.2. The summed E-state index contributed by atoms with van der Waals surface area (Å²) in [6.07, 6.45) is 3.63. The molecule has 2 atom stereocenters. The molecule has 1 aromatic rings. The summed E-state index contributed by atoms with van der Waals surface area (Å²) in [4.78, 5) is 0. The largest absolute Gasteiger partial charge is 0.505 e. The van der Waals surface area contributed by atoms with Gasteiger partial charge in [-0.3, -0.25) is 0 Å². The number of aliphatic hydroxyl groups excluding tert-OH is 1. The molecule has 5 heteroatoms. The number of aliphatic hydroxyl groups is 1. The van der Waals surface area contributed by atoms with Gasteiger partial charge in [0.15, 0.2) is 5.75 Å². The van der Waals surface area contributed by atoms with Crippen LogP contribution in [0.3, 0.4) is 0 Å². The minimum Gasteiger partial charge on any atom is -0.505 e. The van der Waals surface area contributed by atoms with E-state index in [1.54, 1.807) is 12.1 Å². The number of hydrogen-bond acceptors (Lipinski definition) is 3. The highest BCUT2D eigenvalue weighted by molar-refractivity contribution is 6.37. The molecule has 3 N–H and O–H groups in total. The van der Waals surface area contributed by atoms with E-state index in [1.807, 2.05) is 0 Å². The highest BCUT2D eigenvalue weighted by Gasteiger charge is 2.19. The summed E-state index contributed by atoms with van der Waals surface area (Å²) in [6, 6.07) is 3.74. The molecule has 1 aliphatic carbocycles. The first-order chi connectivity index (χ1) is 8.56. The Morgan fingerprint density at radius 3 is 2.50 bits per heavy atom. The van der Waals surface area contributed by atoms with Gasteiger partial charge in [0.25, 0.3) is 0 Å². The van der Waals surface area contributed by atoms with Gasteiger partial charge in [-0.05, 0) is 43.4 Å². The van der Waals surface area contributed by atoms with Gasteiger partial charge in [-0.1, -0.05) is 23.2 Å². The minimum absolute atomic E-state index is 0.0739. The molecule has 0 spiro atoms. The molecular formula is C13H17Cl2NO2. The summed E-state index contributed by atoms with van der Waals surface area (Å²) in [5, 5.41) is 23.0. The van der Waals surface area contributed by atoms with E-state index < -0.39 is 0 Å². The second kappa shape index (κ2) is 6.11. The van der Waals surface area contributed by atoms with E-state index in [1.165, 1.54) is 0 Å². The molecule has 0 aromatic heterocycles. The average molecular weight is 290 g/mol. The third-order valence-corrected chi connectivity index (χ3v) is 3.89. The summed E-state index contributed by atoms with van der Waals surface area (Å²) < 4.78 is 0. The molecule has 0 heterocycles. The quantitative estimate of drug-likeness (QED) is 0.802. The van der Waals surface area contributed by atoms with Crippen molar-refractivity contribution in [3.8, 4) is 5.75 Å². The van der Waals surface area contributed by atoms with Gasteiger partial charge >= 0.3 is 0 Å². The molecule has 0 saturated heterocycles. The monoisotopic (exact) mass is 289 g/mol. The lowest BCUT2D eigenvalue weighted by molar-refractivity contribution is 0.111. The molecule has 1 fully saturated rings. The van der Waals surface area contributed by atoms with E-state index in [0.717, 1.165) is 31.2 Å². The molecule has 1 aliphatic rings. The molecule has 2 unspecified atom stereocenters. The Kier molecular flexibility index (Phi) is 4.73. The number of phenolic OH excluding ortho intramolecular Hbond substituents is 1. The zero-order valence-corrected chi connectivity index (χ0v) is 11.5. The molecule has 0 amide bonds. The molecule has 1 saturated carbocycles. The number of hydrogen-bond donors (Lipinski definition) is 3. The number of benzene rings is 1. The van der Waals surface area contributed by atoms with Gasteiger partial charge in [0.2, 0.25) is 0 Å². The van der Waals surface area contributed by atoms with Crippen LogP contribution in [0, 0.1) is 0 Å².